The van der Waals surface area contributed by atoms with Crippen LogP contribution in [0.5, 0.6) is 0 Å². The second-order valence-electron chi connectivity index (χ2n) is 2.93. The van der Waals surface area contributed by atoms with Crippen molar-refractivity contribution in [2.45, 2.75) is 26.8 Å². The lowest BCUT2D eigenvalue weighted by molar-refractivity contribution is -0.513. The van der Waals surface area contributed by atoms with E-state index in [4.69, 9.17) is 11.5 Å². The summed E-state index contributed by atoms with van der Waals surface area (Å²) in [7, 11) is 0. The summed E-state index contributed by atoms with van der Waals surface area (Å²) in [6.45, 7) is 4.68. The molecule has 0 saturated carbocycles. The van der Waals surface area contributed by atoms with E-state index < -0.39 is 11.0 Å². The minimum absolute atomic E-state index is 0.0764. The number of rotatable bonds is 3. The molecule has 0 spiro atoms. The molecule has 0 heterocycles. The van der Waals surface area contributed by atoms with Gasteiger partial charge >= 0.3 is 5.70 Å². The molecule has 0 aromatic rings. The van der Waals surface area contributed by atoms with Crippen LogP contribution >= 0.6 is 0 Å². The van der Waals surface area contributed by atoms with Crippen LogP contribution in [0, 0.1) is 20.2 Å². The van der Waals surface area contributed by atoms with E-state index in [0.717, 1.165) is 6.20 Å². The van der Waals surface area contributed by atoms with Crippen LogP contribution in [-0.4, -0.2) is 15.9 Å². The number of nitrogens with zero attached hydrogens (tertiary/aromatic N) is 2. The summed E-state index contributed by atoms with van der Waals surface area (Å²) in [5.41, 5.74) is 9.94. The summed E-state index contributed by atoms with van der Waals surface area (Å²) < 4.78 is 0. The average Bonchev–Trinajstić information content (AvgIpc) is 2.18. The monoisotopic (exact) mass is 232 g/mol. The van der Waals surface area contributed by atoms with Gasteiger partial charge in [0.25, 0.3) is 0 Å². The molecular formula is C8H16N4O4. The van der Waals surface area contributed by atoms with Crippen molar-refractivity contribution in [1.82, 2.24) is 0 Å². The Bertz CT molecular complexity index is 309. The first-order chi connectivity index (χ1) is 7.27. The first-order valence-corrected chi connectivity index (χ1v) is 4.39. The van der Waals surface area contributed by atoms with Gasteiger partial charge < -0.3 is 11.5 Å². The van der Waals surface area contributed by atoms with E-state index in [0.29, 0.717) is 0 Å². The second kappa shape index (κ2) is 8.21. The molecule has 0 aliphatic rings. The van der Waals surface area contributed by atoms with E-state index in [1.165, 1.54) is 6.08 Å². The van der Waals surface area contributed by atoms with Crippen LogP contribution in [0.25, 0.3) is 0 Å². The predicted octanol–water partition coefficient (Wildman–Crippen LogP) is 0.597. The molecule has 0 aromatic carbocycles. The van der Waals surface area contributed by atoms with Crippen LogP contribution in [0.4, 0.5) is 0 Å². The fraction of sp³-hybridized carbons (Fsp3) is 0.500. The Hall–Kier alpha value is -2.12. The van der Waals surface area contributed by atoms with E-state index in [-0.39, 0.29) is 16.3 Å². The Balaban J connectivity index is 0. The number of nitro groups is 2. The molecule has 0 radical (unpaired) electrons. The molecule has 0 aliphatic carbocycles. The van der Waals surface area contributed by atoms with Crippen LogP contribution in [-0.2, 0) is 0 Å². The van der Waals surface area contributed by atoms with Gasteiger partial charge in [0.1, 0.15) is 5.70 Å². The molecule has 0 saturated heterocycles. The lowest BCUT2D eigenvalue weighted by atomic mass is 10.3. The van der Waals surface area contributed by atoms with Crippen molar-refractivity contribution < 1.29 is 9.85 Å². The zero-order chi connectivity index (χ0) is 13.3. The molecule has 8 heteroatoms. The maximum Gasteiger partial charge on any atom is 0.307 e. The molecule has 92 valence electrons. The fourth-order valence-corrected chi connectivity index (χ4v) is 0.410. The van der Waals surface area contributed by atoms with Crippen LogP contribution in [0.2, 0.25) is 0 Å². The van der Waals surface area contributed by atoms with Crippen molar-refractivity contribution in [2.24, 2.45) is 11.5 Å². The third-order valence-corrected chi connectivity index (χ3v) is 1.38. The smallest absolute Gasteiger partial charge is 0.307 e. The topological polar surface area (TPSA) is 138 Å². The highest BCUT2D eigenvalue weighted by Crippen LogP contribution is 2.01. The normalized spacial score (nSPS) is 11.8. The third-order valence-electron chi connectivity index (χ3n) is 1.38. The Morgan fingerprint density at radius 2 is 1.69 bits per heavy atom. The highest BCUT2D eigenvalue weighted by atomic mass is 16.6. The summed E-state index contributed by atoms with van der Waals surface area (Å²) in [6.07, 6.45) is 2.29. The Labute approximate surface area is 92.9 Å². The lowest BCUT2D eigenvalue weighted by Crippen LogP contribution is -2.10. The van der Waals surface area contributed by atoms with Crippen molar-refractivity contribution in [3.63, 3.8) is 0 Å². The van der Waals surface area contributed by atoms with Gasteiger partial charge in [-0.1, -0.05) is 6.08 Å². The van der Waals surface area contributed by atoms with Gasteiger partial charge in [-0.3, -0.25) is 20.2 Å². The first kappa shape index (κ1) is 16.3. The van der Waals surface area contributed by atoms with Crippen molar-refractivity contribution in [3.05, 3.63) is 43.9 Å². The van der Waals surface area contributed by atoms with E-state index in [2.05, 4.69) is 0 Å². The summed E-state index contributed by atoms with van der Waals surface area (Å²) in [5.74, 6) is 0. The zero-order valence-electron chi connectivity index (χ0n) is 9.41. The molecule has 4 N–H and O–H groups in total. The standard InChI is InChI=1S/C5H9N3O2.C3H7NO2/c1-2-4(7)5(3-6)8(9)10;1-3(2)4(5)6/h2-3H,6-7H2,1H3;3H,1-2H3/b4-2+,5-3+;. The van der Waals surface area contributed by atoms with Gasteiger partial charge in [-0.2, -0.15) is 0 Å². The van der Waals surface area contributed by atoms with Gasteiger partial charge in [0, 0.05) is 18.8 Å². The van der Waals surface area contributed by atoms with Crippen LogP contribution in [0.1, 0.15) is 20.8 Å². The third kappa shape index (κ3) is 7.30. The maximum absolute atomic E-state index is 10.1. The summed E-state index contributed by atoms with van der Waals surface area (Å²) in [4.78, 5) is 18.6. The summed E-state index contributed by atoms with van der Waals surface area (Å²) in [5, 5.41) is 19.6. The highest BCUT2D eigenvalue weighted by Gasteiger charge is 2.10. The zero-order valence-corrected chi connectivity index (χ0v) is 9.41. The van der Waals surface area contributed by atoms with Crippen molar-refractivity contribution >= 4 is 0 Å². The Morgan fingerprint density at radius 3 is 1.75 bits per heavy atom. The van der Waals surface area contributed by atoms with Crippen molar-refractivity contribution in [2.75, 3.05) is 0 Å². The molecule has 0 bridgehead atoms. The van der Waals surface area contributed by atoms with E-state index in [9.17, 15) is 20.2 Å². The molecule has 16 heavy (non-hydrogen) atoms. The van der Waals surface area contributed by atoms with Crippen LogP contribution < -0.4 is 11.5 Å². The quantitative estimate of drug-likeness (QED) is 0.415. The Kier molecular flexibility index (Phi) is 8.37. The van der Waals surface area contributed by atoms with Crippen LogP contribution in [0.15, 0.2) is 23.7 Å². The highest BCUT2D eigenvalue weighted by molar-refractivity contribution is 5.19. The largest absolute Gasteiger partial charge is 0.399 e. The van der Waals surface area contributed by atoms with Gasteiger partial charge in [-0.25, -0.2) is 0 Å². The first-order valence-electron chi connectivity index (χ1n) is 4.39. The van der Waals surface area contributed by atoms with E-state index >= 15 is 0 Å². The molecule has 0 fully saturated rings. The maximum atomic E-state index is 10.1. The average molecular weight is 232 g/mol. The molecular weight excluding hydrogens is 216 g/mol. The van der Waals surface area contributed by atoms with Gasteiger partial charge in [0.05, 0.1) is 11.1 Å². The van der Waals surface area contributed by atoms with Crippen molar-refractivity contribution in [3.8, 4) is 0 Å². The minimum Gasteiger partial charge on any atom is -0.399 e. The van der Waals surface area contributed by atoms with Gasteiger partial charge in [0.15, 0.2) is 0 Å². The number of hydrogen-bond donors (Lipinski definition) is 2. The van der Waals surface area contributed by atoms with Gasteiger partial charge in [-0.15, -0.1) is 0 Å². The van der Waals surface area contributed by atoms with Gasteiger partial charge in [-0.05, 0) is 6.92 Å². The Morgan fingerprint density at radius 1 is 1.31 bits per heavy atom. The number of hydrogen-bond acceptors (Lipinski definition) is 6. The summed E-state index contributed by atoms with van der Waals surface area (Å²) >= 11 is 0. The molecule has 0 aromatic heterocycles. The molecule has 0 rings (SSSR count). The van der Waals surface area contributed by atoms with Gasteiger partial charge in [0.2, 0.25) is 6.04 Å². The molecule has 0 atom stereocenters. The molecule has 0 unspecified atom stereocenters. The minimum atomic E-state index is -0.630. The van der Waals surface area contributed by atoms with Crippen molar-refractivity contribution in [1.29, 1.82) is 0 Å². The predicted molar refractivity (Wildman–Crippen MR) is 59.3 cm³/mol. The number of allylic oxidation sites excluding steroid dienone is 1. The molecule has 8 nitrogen and oxygen atoms in total. The fourth-order valence-electron chi connectivity index (χ4n) is 0.410. The number of nitrogens with two attached hydrogens (primary N) is 2. The SMILES string of the molecule is C/C=C(N)\C(=C/N)[N+](=O)[O-].CC(C)[N+](=O)[O-]. The van der Waals surface area contributed by atoms with Crippen LogP contribution in [0.3, 0.4) is 0 Å². The molecule has 0 amide bonds. The second-order valence-corrected chi connectivity index (χ2v) is 2.93. The summed E-state index contributed by atoms with van der Waals surface area (Å²) in [6, 6.07) is -0.426. The van der Waals surface area contributed by atoms with E-state index in [1.54, 1.807) is 20.8 Å². The lowest BCUT2D eigenvalue weighted by Gasteiger charge is -1.94. The van der Waals surface area contributed by atoms with E-state index in [1.807, 2.05) is 0 Å². The molecule has 0 aliphatic heterocycles.